The summed E-state index contributed by atoms with van der Waals surface area (Å²) in [5.74, 6) is 0.0337. The molecule has 1 fully saturated rings. The molecule has 4 rings (SSSR count). The van der Waals surface area contributed by atoms with Crippen molar-refractivity contribution in [3.05, 3.63) is 76.4 Å². The van der Waals surface area contributed by atoms with Gasteiger partial charge in [-0.25, -0.2) is 9.49 Å². The van der Waals surface area contributed by atoms with Crippen LogP contribution in [0.25, 0.3) is 0 Å². The Bertz CT molecular complexity index is 1180. The molecule has 3 aromatic rings. The largest absolute Gasteiger partial charge is 0.416 e. The molecule has 0 amide bonds. The van der Waals surface area contributed by atoms with E-state index >= 15 is 0 Å². The normalized spacial score (nSPS) is 21.0. The first-order chi connectivity index (χ1) is 18.3. The summed E-state index contributed by atoms with van der Waals surface area (Å²) in [6.45, 7) is 2.73. The van der Waals surface area contributed by atoms with Crippen LogP contribution in [0.1, 0.15) is 59.9 Å². The fourth-order valence-electron chi connectivity index (χ4n) is 5.20. The molecule has 1 N–H and O–H groups in total. The third kappa shape index (κ3) is 7.33. The standard InChI is InChI=1S/C26H28F7N5O/c1-15(18-11-19(25(28,29)30)13-20(12-18)26(31,32)33)39-22-8-5-17(24(22)16-3-6-21(27)7-4-16)14-38(2)10-9-23-34-36-37-35-23/h3-4,6-7,11-13,15,17,22,24H,5,8-10,14H2,1-2H3,(H,34,35,36,37)/t15-,17+,22+,24+/m1/s1. The zero-order valence-corrected chi connectivity index (χ0v) is 21.2. The smallest absolute Gasteiger partial charge is 0.370 e. The molecule has 0 saturated heterocycles. The minimum absolute atomic E-state index is 0.0535. The van der Waals surface area contributed by atoms with Crippen LogP contribution in [0.4, 0.5) is 30.7 Å². The SMILES string of the molecule is C[C@@H](O[C@H]1CC[C@@H](CN(C)CCc2nnn[nH]2)[C@@H]1c1ccc(F)cc1)c1cc(C(F)(F)F)cc(C(F)(F)F)c1. The van der Waals surface area contributed by atoms with E-state index in [1.54, 1.807) is 12.1 Å². The molecule has 39 heavy (non-hydrogen) atoms. The van der Waals surface area contributed by atoms with E-state index in [1.165, 1.54) is 19.1 Å². The maximum Gasteiger partial charge on any atom is 0.416 e. The number of hydrogen-bond donors (Lipinski definition) is 1. The Morgan fingerprint density at radius 1 is 1.00 bits per heavy atom. The molecule has 1 aliphatic rings. The number of halogens is 7. The van der Waals surface area contributed by atoms with Crippen LogP contribution in [0.15, 0.2) is 42.5 Å². The molecule has 0 spiro atoms. The number of ether oxygens (including phenoxy) is 1. The number of rotatable bonds is 9. The van der Waals surface area contributed by atoms with Crippen molar-refractivity contribution in [3.63, 3.8) is 0 Å². The highest BCUT2D eigenvalue weighted by atomic mass is 19.4. The van der Waals surface area contributed by atoms with Crippen molar-refractivity contribution in [1.29, 1.82) is 0 Å². The number of hydrogen-bond acceptors (Lipinski definition) is 5. The Kier molecular flexibility index (Phi) is 8.60. The molecule has 212 valence electrons. The monoisotopic (exact) mass is 559 g/mol. The van der Waals surface area contributed by atoms with Gasteiger partial charge in [-0.15, -0.1) is 5.10 Å². The van der Waals surface area contributed by atoms with Gasteiger partial charge in [0.05, 0.1) is 23.3 Å². The van der Waals surface area contributed by atoms with Crippen LogP contribution >= 0.6 is 0 Å². The molecule has 13 heteroatoms. The lowest BCUT2D eigenvalue weighted by Crippen LogP contribution is -2.31. The summed E-state index contributed by atoms with van der Waals surface area (Å²) in [7, 11) is 1.93. The summed E-state index contributed by atoms with van der Waals surface area (Å²) in [6, 6.07) is 7.45. The van der Waals surface area contributed by atoms with Crippen LogP contribution < -0.4 is 0 Å². The minimum Gasteiger partial charge on any atom is -0.370 e. The van der Waals surface area contributed by atoms with E-state index in [2.05, 4.69) is 25.5 Å². The molecular formula is C26H28F7N5O. The summed E-state index contributed by atoms with van der Waals surface area (Å²) < 4.78 is 100. The van der Waals surface area contributed by atoms with E-state index < -0.39 is 41.5 Å². The molecule has 2 aromatic carbocycles. The van der Waals surface area contributed by atoms with E-state index in [9.17, 15) is 30.7 Å². The summed E-state index contributed by atoms with van der Waals surface area (Å²) >= 11 is 0. The van der Waals surface area contributed by atoms with Crippen LogP contribution in [0.5, 0.6) is 0 Å². The van der Waals surface area contributed by atoms with Crippen LogP contribution in [0, 0.1) is 11.7 Å². The Balaban J connectivity index is 1.55. The lowest BCUT2D eigenvalue weighted by atomic mass is 9.87. The van der Waals surface area contributed by atoms with Gasteiger partial charge in [-0.1, -0.05) is 12.1 Å². The first-order valence-corrected chi connectivity index (χ1v) is 12.4. The van der Waals surface area contributed by atoms with Gasteiger partial charge in [0, 0.05) is 25.4 Å². The molecule has 4 atom stereocenters. The number of tetrazole rings is 1. The zero-order valence-electron chi connectivity index (χ0n) is 21.2. The van der Waals surface area contributed by atoms with Gasteiger partial charge in [-0.3, -0.25) is 0 Å². The summed E-state index contributed by atoms with van der Waals surface area (Å²) in [5, 5.41) is 13.7. The maximum atomic E-state index is 13.7. The molecule has 1 aliphatic carbocycles. The molecular weight excluding hydrogens is 531 g/mol. The summed E-state index contributed by atoms with van der Waals surface area (Å²) in [4.78, 5) is 2.10. The molecule has 0 radical (unpaired) electrons. The molecule has 0 aliphatic heterocycles. The van der Waals surface area contributed by atoms with Gasteiger partial charge in [0.2, 0.25) is 0 Å². The lowest BCUT2D eigenvalue weighted by molar-refractivity contribution is -0.143. The molecule has 1 saturated carbocycles. The van der Waals surface area contributed by atoms with Crippen LogP contribution in [0.2, 0.25) is 0 Å². The number of H-pyrrole nitrogens is 1. The first-order valence-electron chi connectivity index (χ1n) is 12.4. The van der Waals surface area contributed by atoms with E-state index in [1.807, 2.05) is 7.05 Å². The number of aromatic nitrogens is 4. The van der Waals surface area contributed by atoms with Crippen molar-refractivity contribution in [2.24, 2.45) is 5.92 Å². The van der Waals surface area contributed by atoms with Crippen molar-refractivity contribution in [2.75, 3.05) is 20.1 Å². The van der Waals surface area contributed by atoms with E-state index in [0.717, 1.165) is 5.56 Å². The number of aromatic amines is 1. The molecule has 1 aromatic heterocycles. The van der Waals surface area contributed by atoms with Gasteiger partial charge in [-0.05, 0) is 84.6 Å². The zero-order chi connectivity index (χ0) is 28.4. The number of nitrogens with one attached hydrogen (secondary N) is 1. The van der Waals surface area contributed by atoms with Crippen molar-refractivity contribution >= 4 is 0 Å². The summed E-state index contributed by atoms with van der Waals surface area (Å²) in [6.07, 6.45) is -9.59. The second-order valence-electron chi connectivity index (χ2n) is 9.93. The van der Waals surface area contributed by atoms with Crippen LogP contribution in [0.3, 0.4) is 0 Å². The Morgan fingerprint density at radius 3 is 2.21 bits per heavy atom. The third-order valence-electron chi connectivity index (χ3n) is 7.11. The highest BCUT2D eigenvalue weighted by Gasteiger charge is 2.41. The topological polar surface area (TPSA) is 66.9 Å². The molecule has 1 heterocycles. The van der Waals surface area contributed by atoms with Gasteiger partial charge in [0.1, 0.15) is 11.6 Å². The Hall–Kier alpha value is -3.06. The average Bonchev–Trinajstić information content (AvgIpc) is 3.52. The Labute approximate surface area is 220 Å². The summed E-state index contributed by atoms with van der Waals surface area (Å²) in [5.41, 5.74) is -2.18. The lowest BCUT2D eigenvalue weighted by Gasteiger charge is -2.30. The highest BCUT2D eigenvalue weighted by molar-refractivity contribution is 5.35. The van der Waals surface area contributed by atoms with Gasteiger partial charge in [-0.2, -0.15) is 26.3 Å². The number of likely N-dealkylation sites (N-methyl/N-ethyl adjacent to an activating group) is 1. The first kappa shape index (κ1) is 28.9. The number of nitrogens with zero attached hydrogens (tertiary/aromatic N) is 4. The second kappa shape index (κ2) is 11.6. The number of alkyl halides is 6. The van der Waals surface area contributed by atoms with Crippen molar-refractivity contribution in [3.8, 4) is 0 Å². The van der Waals surface area contributed by atoms with Gasteiger partial charge < -0.3 is 9.64 Å². The van der Waals surface area contributed by atoms with Crippen molar-refractivity contribution in [2.45, 2.75) is 56.7 Å². The van der Waals surface area contributed by atoms with Gasteiger partial charge in [0.25, 0.3) is 0 Å². The quantitative estimate of drug-likeness (QED) is 0.317. The highest BCUT2D eigenvalue weighted by Crippen LogP contribution is 2.45. The van der Waals surface area contributed by atoms with Crippen molar-refractivity contribution in [1.82, 2.24) is 25.5 Å². The average molecular weight is 560 g/mol. The molecule has 0 unspecified atom stereocenters. The van der Waals surface area contributed by atoms with Gasteiger partial charge in [0.15, 0.2) is 0 Å². The predicted molar refractivity (Wildman–Crippen MR) is 127 cm³/mol. The van der Waals surface area contributed by atoms with E-state index in [0.29, 0.717) is 50.3 Å². The fraction of sp³-hybridized carbons (Fsp3) is 0.500. The van der Waals surface area contributed by atoms with E-state index in [-0.39, 0.29) is 23.5 Å². The Morgan fingerprint density at radius 2 is 1.64 bits per heavy atom. The minimum atomic E-state index is -4.95. The third-order valence-corrected chi connectivity index (χ3v) is 7.11. The predicted octanol–water partition coefficient (Wildman–Crippen LogP) is 6.19. The molecule has 6 nitrogen and oxygen atoms in total. The van der Waals surface area contributed by atoms with Crippen molar-refractivity contribution < 1.29 is 35.5 Å². The van der Waals surface area contributed by atoms with Gasteiger partial charge >= 0.3 is 12.4 Å². The van der Waals surface area contributed by atoms with Crippen LogP contribution in [-0.4, -0.2) is 51.8 Å². The van der Waals surface area contributed by atoms with Crippen LogP contribution in [-0.2, 0) is 23.5 Å². The molecule has 0 bridgehead atoms. The fourth-order valence-corrected chi connectivity index (χ4v) is 5.20. The maximum absolute atomic E-state index is 13.7. The van der Waals surface area contributed by atoms with E-state index in [4.69, 9.17) is 4.74 Å². The number of benzene rings is 2. The second-order valence-corrected chi connectivity index (χ2v) is 9.93.